The highest BCUT2D eigenvalue weighted by Gasteiger charge is 2.24. The molecule has 3 N–H and O–H groups in total. The Hall–Kier alpha value is -3.16. The quantitative estimate of drug-likeness (QED) is 0.497. The normalized spacial score (nSPS) is 11.6. The average Bonchev–Trinajstić information content (AvgIpc) is 2.54. The topological polar surface area (TPSA) is 107 Å². The number of amides is 1. The first kappa shape index (κ1) is 17.2. The molecule has 0 heterocycles. The van der Waals surface area contributed by atoms with Crippen LogP contribution in [-0.2, 0) is 0 Å². The molecular weight excluding hydrogens is 317 g/mol. The summed E-state index contributed by atoms with van der Waals surface area (Å²) in [5.74, 6) is -1.17. The number of ether oxygens (including phenoxy) is 1. The second-order valence-corrected chi connectivity index (χ2v) is 5.09. The Bertz CT molecular complexity index is 795. The number of halogens is 1. The summed E-state index contributed by atoms with van der Waals surface area (Å²) < 4.78 is 18.3. The number of hydrogen-bond donors (Lipinski definition) is 2. The lowest BCUT2D eigenvalue weighted by Gasteiger charge is -2.16. The number of carbonyl (C=O) groups is 1. The summed E-state index contributed by atoms with van der Waals surface area (Å²) in [7, 11) is 1.33. The van der Waals surface area contributed by atoms with Gasteiger partial charge in [-0.2, -0.15) is 0 Å². The minimum absolute atomic E-state index is 0.00517. The van der Waals surface area contributed by atoms with E-state index in [2.05, 4.69) is 5.32 Å². The number of carbonyl (C=O) groups excluding carboxylic acids is 1. The van der Waals surface area contributed by atoms with Crippen LogP contribution in [0.2, 0.25) is 0 Å². The second kappa shape index (κ2) is 6.95. The van der Waals surface area contributed by atoms with Crippen LogP contribution in [0.1, 0.15) is 28.9 Å². The molecule has 0 bridgehead atoms. The summed E-state index contributed by atoms with van der Waals surface area (Å²) in [4.78, 5) is 22.8. The molecule has 0 fully saturated rings. The van der Waals surface area contributed by atoms with Gasteiger partial charge in [-0.05, 0) is 30.7 Å². The van der Waals surface area contributed by atoms with Crippen molar-refractivity contribution in [3.8, 4) is 5.75 Å². The van der Waals surface area contributed by atoms with Gasteiger partial charge >= 0.3 is 0 Å². The molecule has 2 rings (SSSR count). The molecule has 0 saturated carbocycles. The van der Waals surface area contributed by atoms with Crippen LogP contribution in [0, 0.1) is 15.9 Å². The molecule has 0 unspecified atom stereocenters. The van der Waals surface area contributed by atoms with Gasteiger partial charge in [-0.1, -0.05) is 12.1 Å². The molecule has 0 spiro atoms. The predicted octanol–water partition coefficient (Wildman–Crippen LogP) is 2.82. The monoisotopic (exact) mass is 333 g/mol. The number of nitro benzene ring substituents is 1. The Morgan fingerprint density at radius 1 is 1.38 bits per heavy atom. The van der Waals surface area contributed by atoms with Crippen molar-refractivity contribution in [2.24, 2.45) is 0 Å². The van der Waals surface area contributed by atoms with E-state index in [1.165, 1.54) is 43.5 Å². The highest BCUT2D eigenvalue weighted by molar-refractivity contribution is 6.03. The molecule has 0 radical (unpaired) electrons. The number of nitrogens with zero attached hydrogens (tertiary/aromatic N) is 1. The zero-order valence-electron chi connectivity index (χ0n) is 13.1. The highest BCUT2D eigenvalue weighted by atomic mass is 19.1. The molecule has 0 aromatic heterocycles. The van der Waals surface area contributed by atoms with Gasteiger partial charge in [0.2, 0.25) is 0 Å². The number of rotatable bonds is 5. The standard InChI is InChI=1S/C16H16FN3O4/c1-9(10-6-7-11(17)14(8-10)24-2)19-16(21)15-12(18)4-3-5-13(15)20(22)23/h3-9H,18H2,1-2H3,(H,19,21)/t9-/m0/s1. The maximum atomic E-state index is 13.5. The van der Waals surface area contributed by atoms with Crippen LogP contribution in [0.4, 0.5) is 15.8 Å². The first-order valence-electron chi connectivity index (χ1n) is 7.02. The number of benzene rings is 2. The third-order valence-corrected chi connectivity index (χ3v) is 3.52. The Kier molecular flexibility index (Phi) is 4.98. The number of nitro groups is 1. The first-order valence-corrected chi connectivity index (χ1v) is 7.02. The summed E-state index contributed by atoms with van der Waals surface area (Å²) in [6.07, 6.45) is 0. The number of nitrogens with two attached hydrogens (primary N) is 1. The van der Waals surface area contributed by atoms with Gasteiger partial charge in [0.05, 0.1) is 23.8 Å². The molecule has 0 aliphatic rings. The fourth-order valence-electron chi connectivity index (χ4n) is 2.25. The highest BCUT2D eigenvalue weighted by Crippen LogP contribution is 2.26. The van der Waals surface area contributed by atoms with Crippen LogP contribution in [0.25, 0.3) is 0 Å². The van der Waals surface area contributed by atoms with Crippen LogP contribution in [-0.4, -0.2) is 17.9 Å². The van der Waals surface area contributed by atoms with Crippen molar-refractivity contribution in [2.75, 3.05) is 12.8 Å². The summed E-state index contributed by atoms with van der Waals surface area (Å²) in [5, 5.41) is 13.7. The Morgan fingerprint density at radius 3 is 2.71 bits per heavy atom. The van der Waals surface area contributed by atoms with E-state index in [9.17, 15) is 19.3 Å². The van der Waals surface area contributed by atoms with Gasteiger partial charge in [-0.15, -0.1) is 0 Å². The summed E-state index contributed by atoms with van der Waals surface area (Å²) >= 11 is 0. The summed E-state index contributed by atoms with van der Waals surface area (Å²) in [5.41, 5.74) is 5.71. The van der Waals surface area contributed by atoms with Gasteiger partial charge in [-0.25, -0.2) is 4.39 Å². The maximum Gasteiger partial charge on any atom is 0.284 e. The lowest BCUT2D eigenvalue weighted by molar-refractivity contribution is -0.385. The molecular formula is C16H16FN3O4. The van der Waals surface area contributed by atoms with E-state index in [0.717, 1.165) is 0 Å². The van der Waals surface area contributed by atoms with Crippen molar-refractivity contribution in [3.05, 3.63) is 63.5 Å². The number of anilines is 1. The number of methoxy groups -OCH3 is 1. The lowest BCUT2D eigenvalue weighted by atomic mass is 10.1. The molecule has 126 valence electrons. The van der Waals surface area contributed by atoms with E-state index in [4.69, 9.17) is 10.5 Å². The van der Waals surface area contributed by atoms with Crippen molar-refractivity contribution in [2.45, 2.75) is 13.0 Å². The molecule has 0 saturated heterocycles. The molecule has 8 heteroatoms. The number of nitrogens with one attached hydrogen (secondary N) is 1. The third-order valence-electron chi connectivity index (χ3n) is 3.52. The van der Waals surface area contributed by atoms with E-state index in [1.54, 1.807) is 6.92 Å². The van der Waals surface area contributed by atoms with Gasteiger partial charge in [0, 0.05) is 6.07 Å². The van der Waals surface area contributed by atoms with Gasteiger partial charge in [0.25, 0.3) is 11.6 Å². The third kappa shape index (κ3) is 3.43. The molecule has 0 aliphatic carbocycles. The average molecular weight is 333 g/mol. The van der Waals surface area contributed by atoms with Gasteiger partial charge in [0.1, 0.15) is 5.56 Å². The van der Waals surface area contributed by atoms with E-state index in [0.29, 0.717) is 5.56 Å². The zero-order valence-corrected chi connectivity index (χ0v) is 13.1. The fourth-order valence-corrected chi connectivity index (χ4v) is 2.25. The fraction of sp³-hybridized carbons (Fsp3) is 0.188. The predicted molar refractivity (Wildman–Crippen MR) is 86.3 cm³/mol. The number of nitrogen functional groups attached to an aromatic ring is 1. The van der Waals surface area contributed by atoms with Crippen molar-refractivity contribution in [3.63, 3.8) is 0 Å². The molecule has 7 nitrogen and oxygen atoms in total. The molecule has 2 aromatic carbocycles. The number of hydrogen-bond acceptors (Lipinski definition) is 5. The van der Waals surface area contributed by atoms with Crippen molar-refractivity contribution >= 4 is 17.3 Å². The molecule has 1 atom stereocenters. The Balaban J connectivity index is 2.29. The maximum absolute atomic E-state index is 13.5. The summed E-state index contributed by atoms with van der Waals surface area (Å²) in [6, 6.07) is 7.64. The molecule has 24 heavy (non-hydrogen) atoms. The van der Waals surface area contributed by atoms with Gasteiger partial charge in [-0.3, -0.25) is 14.9 Å². The largest absolute Gasteiger partial charge is 0.494 e. The van der Waals surface area contributed by atoms with E-state index < -0.39 is 22.7 Å². The van der Waals surface area contributed by atoms with Crippen molar-refractivity contribution < 1.29 is 18.8 Å². The molecule has 2 aromatic rings. The SMILES string of the molecule is COc1cc([C@H](C)NC(=O)c2c(N)cccc2[N+](=O)[O-])ccc1F. The zero-order chi connectivity index (χ0) is 17.9. The van der Waals surface area contributed by atoms with Crippen LogP contribution in [0.3, 0.4) is 0 Å². The van der Waals surface area contributed by atoms with Crippen LogP contribution in [0.5, 0.6) is 5.75 Å². The minimum atomic E-state index is -0.685. The van der Waals surface area contributed by atoms with Crippen molar-refractivity contribution in [1.29, 1.82) is 0 Å². The van der Waals surface area contributed by atoms with E-state index >= 15 is 0 Å². The minimum Gasteiger partial charge on any atom is -0.494 e. The first-order chi connectivity index (χ1) is 11.3. The van der Waals surface area contributed by atoms with Crippen LogP contribution in [0.15, 0.2) is 36.4 Å². The van der Waals surface area contributed by atoms with Gasteiger partial charge < -0.3 is 15.8 Å². The van der Waals surface area contributed by atoms with E-state index in [1.807, 2.05) is 0 Å². The second-order valence-electron chi connectivity index (χ2n) is 5.09. The molecule has 1 amide bonds. The molecule has 0 aliphatic heterocycles. The lowest BCUT2D eigenvalue weighted by Crippen LogP contribution is -2.28. The van der Waals surface area contributed by atoms with Crippen LogP contribution < -0.4 is 15.8 Å². The Morgan fingerprint density at radius 2 is 2.08 bits per heavy atom. The van der Waals surface area contributed by atoms with E-state index in [-0.39, 0.29) is 22.7 Å². The van der Waals surface area contributed by atoms with Crippen LogP contribution >= 0.6 is 0 Å². The van der Waals surface area contributed by atoms with Gasteiger partial charge in [0.15, 0.2) is 11.6 Å². The van der Waals surface area contributed by atoms with Crippen molar-refractivity contribution in [1.82, 2.24) is 5.32 Å². The smallest absolute Gasteiger partial charge is 0.284 e. The summed E-state index contributed by atoms with van der Waals surface area (Å²) in [6.45, 7) is 1.66. The Labute approximate surface area is 137 Å².